The van der Waals surface area contributed by atoms with Crippen molar-refractivity contribution >= 4 is 23.1 Å². The summed E-state index contributed by atoms with van der Waals surface area (Å²) in [6, 6.07) is 2.14. The summed E-state index contributed by atoms with van der Waals surface area (Å²) < 4.78 is 0. The summed E-state index contributed by atoms with van der Waals surface area (Å²) in [5.41, 5.74) is 1.08. The van der Waals surface area contributed by atoms with Gasteiger partial charge < -0.3 is 5.11 Å². The summed E-state index contributed by atoms with van der Waals surface area (Å²) in [6.07, 6.45) is 0.561. The van der Waals surface area contributed by atoms with Gasteiger partial charge in [0.05, 0.1) is 6.61 Å². The molecular formula is C12H16OS2. The molecule has 1 rings (SSSR count). The van der Waals surface area contributed by atoms with Gasteiger partial charge in [0.15, 0.2) is 0 Å². The lowest BCUT2D eigenvalue weighted by atomic mass is 10.3. The third-order valence-electron chi connectivity index (χ3n) is 1.68. The number of hydrogen-bond acceptors (Lipinski definition) is 3. The van der Waals surface area contributed by atoms with E-state index < -0.39 is 0 Å². The molecule has 3 heteroatoms. The largest absolute Gasteiger partial charge is 0.395 e. The van der Waals surface area contributed by atoms with Crippen molar-refractivity contribution in [3.8, 4) is 11.8 Å². The van der Waals surface area contributed by atoms with Gasteiger partial charge in [-0.1, -0.05) is 25.7 Å². The molecule has 0 spiro atoms. The molecule has 82 valence electrons. The van der Waals surface area contributed by atoms with Crippen LogP contribution in [0.2, 0.25) is 0 Å². The third-order valence-corrected chi connectivity index (χ3v) is 3.95. The Morgan fingerprint density at radius 2 is 2.33 bits per heavy atom. The maximum atomic E-state index is 8.59. The minimum absolute atomic E-state index is 0.146. The molecule has 0 amide bonds. The average Bonchev–Trinajstić information content (AvgIpc) is 2.63. The first-order valence-corrected chi connectivity index (χ1v) is 6.94. The predicted molar refractivity (Wildman–Crippen MR) is 69.3 cm³/mol. The molecule has 0 saturated carbocycles. The molecule has 0 radical (unpaired) electrons. The van der Waals surface area contributed by atoms with E-state index in [9.17, 15) is 0 Å². The van der Waals surface area contributed by atoms with Crippen molar-refractivity contribution in [2.75, 3.05) is 6.61 Å². The van der Waals surface area contributed by atoms with Crippen LogP contribution in [0.3, 0.4) is 0 Å². The molecule has 0 saturated heterocycles. The van der Waals surface area contributed by atoms with Gasteiger partial charge in [0.25, 0.3) is 0 Å². The maximum Gasteiger partial charge on any atom is 0.0540 e. The number of rotatable bonds is 4. The van der Waals surface area contributed by atoms with Gasteiger partial charge in [-0.25, -0.2) is 0 Å². The molecule has 0 atom stereocenters. The summed E-state index contributed by atoms with van der Waals surface area (Å²) in [7, 11) is 0. The Bertz CT molecular complexity index is 344. The molecule has 1 nitrogen and oxygen atoms in total. The van der Waals surface area contributed by atoms with Crippen molar-refractivity contribution in [1.82, 2.24) is 0 Å². The third kappa shape index (κ3) is 5.27. The second-order valence-corrected chi connectivity index (χ2v) is 6.00. The zero-order valence-corrected chi connectivity index (χ0v) is 10.8. The van der Waals surface area contributed by atoms with Crippen molar-refractivity contribution in [3.05, 3.63) is 21.9 Å². The van der Waals surface area contributed by atoms with Crippen LogP contribution in [0, 0.1) is 11.8 Å². The molecule has 15 heavy (non-hydrogen) atoms. The first kappa shape index (κ1) is 12.6. The monoisotopic (exact) mass is 240 g/mol. The Balaban J connectivity index is 2.46. The first-order chi connectivity index (χ1) is 7.22. The quantitative estimate of drug-likeness (QED) is 0.816. The number of hydrogen-bond donors (Lipinski definition) is 1. The highest BCUT2D eigenvalue weighted by Gasteiger charge is 2.00. The molecule has 1 heterocycles. The topological polar surface area (TPSA) is 20.2 Å². The fraction of sp³-hybridized carbons (Fsp3) is 0.500. The van der Waals surface area contributed by atoms with Crippen LogP contribution in [0.1, 0.15) is 30.7 Å². The van der Waals surface area contributed by atoms with Crippen LogP contribution < -0.4 is 0 Å². The molecule has 0 aliphatic heterocycles. The van der Waals surface area contributed by atoms with E-state index in [0.717, 1.165) is 11.3 Å². The smallest absolute Gasteiger partial charge is 0.0540 e. The maximum absolute atomic E-state index is 8.59. The Kier molecular flexibility index (Phi) is 5.85. The summed E-state index contributed by atoms with van der Waals surface area (Å²) >= 11 is 3.71. The van der Waals surface area contributed by atoms with Gasteiger partial charge in [-0.15, -0.1) is 11.3 Å². The number of aliphatic hydroxyl groups excluding tert-OH is 1. The zero-order valence-electron chi connectivity index (χ0n) is 9.12. The summed E-state index contributed by atoms with van der Waals surface area (Å²) in [5, 5.41) is 11.4. The van der Waals surface area contributed by atoms with Gasteiger partial charge >= 0.3 is 0 Å². The van der Waals surface area contributed by atoms with Gasteiger partial charge in [-0.2, -0.15) is 11.8 Å². The summed E-state index contributed by atoms with van der Waals surface area (Å²) in [5.74, 6) is 7.05. The first-order valence-electron chi connectivity index (χ1n) is 5.01. The van der Waals surface area contributed by atoms with Crippen LogP contribution in [0.4, 0.5) is 0 Å². The second kappa shape index (κ2) is 6.95. The standard InChI is InChI=1S/C12H16OS2/c1-10(2)14-9-12-7-11(8-15-12)5-3-4-6-13/h7-8,10,13H,4,6,9H2,1-2H3. The van der Waals surface area contributed by atoms with Crippen LogP contribution in [0.25, 0.3) is 0 Å². The molecule has 0 bridgehead atoms. The minimum Gasteiger partial charge on any atom is -0.395 e. The van der Waals surface area contributed by atoms with Crippen molar-refractivity contribution in [1.29, 1.82) is 0 Å². The van der Waals surface area contributed by atoms with Gasteiger partial charge in [-0.3, -0.25) is 0 Å². The van der Waals surface area contributed by atoms with Gasteiger partial charge in [0.1, 0.15) is 0 Å². The lowest BCUT2D eigenvalue weighted by molar-refractivity contribution is 0.305. The van der Waals surface area contributed by atoms with Crippen molar-refractivity contribution in [3.63, 3.8) is 0 Å². The lowest BCUT2D eigenvalue weighted by Crippen LogP contribution is -1.86. The highest BCUT2D eigenvalue weighted by atomic mass is 32.2. The van der Waals surface area contributed by atoms with Crippen LogP contribution in [0.5, 0.6) is 0 Å². The molecule has 1 N–H and O–H groups in total. The molecular weight excluding hydrogens is 224 g/mol. The van der Waals surface area contributed by atoms with E-state index in [1.165, 1.54) is 4.88 Å². The van der Waals surface area contributed by atoms with Crippen LogP contribution in [-0.4, -0.2) is 17.0 Å². The van der Waals surface area contributed by atoms with Crippen LogP contribution in [-0.2, 0) is 5.75 Å². The van der Waals surface area contributed by atoms with Gasteiger partial charge in [-0.05, 0) is 11.3 Å². The molecule has 0 unspecified atom stereocenters. The molecule has 1 aromatic rings. The molecule has 0 aliphatic carbocycles. The zero-order chi connectivity index (χ0) is 11.1. The van der Waals surface area contributed by atoms with E-state index in [-0.39, 0.29) is 6.61 Å². The van der Waals surface area contributed by atoms with E-state index in [1.807, 2.05) is 11.8 Å². The van der Waals surface area contributed by atoms with Gasteiger partial charge in [0, 0.05) is 28.0 Å². The number of thioether (sulfide) groups is 1. The Morgan fingerprint density at radius 1 is 1.53 bits per heavy atom. The Morgan fingerprint density at radius 3 is 3.00 bits per heavy atom. The van der Waals surface area contributed by atoms with Crippen LogP contribution >= 0.6 is 23.1 Å². The Hall–Kier alpha value is -0.430. The molecule has 0 fully saturated rings. The minimum atomic E-state index is 0.146. The number of aliphatic hydroxyl groups is 1. The summed E-state index contributed by atoms with van der Waals surface area (Å²) in [6.45, 7) is 4.56. The van der Waals surface area contributed by atoms with Crippen molar-refractivity contribution in [2.24, 2.45) is 0 Å². The normalized spacial score (nSPS) is 10.1. The number of thiophene rings is 1. The predicted octanol–water partition coefficient (Wildman–Crippen LogP) is 3.12. The average molecular weight is 240 g/mol. The molecule has 1 aromatic heterocycles. The SMILES string of the molecule is CC(C)SCc1cc(C#CCCO)cs1. The highest BCUT2D eigenvalue weighted by molar-refractivity contribution is 7.99. The second-order valence-electron chi connectivity index (χ2n) is 3.44. The van der Waals surface area contributed by atoms with Crippen LogP contribution in [0.15, 0.2) is 11.4 Å². The summed E-state index contributed by atoms with van der Waals surface area (Å²) in [4.78, 5) is 1.38. The fourth-order valence-corrected chi connectivity index (χ4v) is 2.65. The van der Waals surface area contributed by atoms with E-state index in [4.69, 9.17) is 5.11 Å². The fourth-order valence-electron chi connectivity index (χ4n) is 0.991. The van der Waals surface area contributed by atoms with Gasteiger partial charge in [0.2, 0.25) is 0 Å². The lowest BCUT2D eigenvalue weighted by Gasteiger charge is -2.00. The molecule has 0 aromatic carbocycles. The van der Waals surface area contributed by atoms with Crippen molar-refractivity contribution in [2.45, 2.75) is 31.3 Å². The van der Waals surface area contributed by atoms with E-state index >= 15 is 0 Å². The van der Waals surface area contributed by atoms with E-state index in [0.29, 0.717) is 11.7 Å². The van der Waals surface area contributed by atoms with E-state index in [2.05, 4.69) is 37.1 Å². The Labute approximate surface area is 99.9 Å². The van der Waals surface area contributed by atoms with Crippen molar-refractivity contribution < 1.29 is 5.11 Å². The highest BCUT2D eigenvalue weighted by Crippen LogP contribution is 2.22. The molecule has 0 aliphatic rings. The van der Waals surface area contributed by atoms with E-state index in [1.54, 1.807) is 11.3 Å².